The standard InChI is InChI=1S/C19H19NO4/c1-21-12-9-14(22-2)18(15(10-12)23-3)19-17-13-7-5-4-6-11(13)8-16(17)24-20-19/h4-7,9-10,16-17H,8H2,1-3H3. The molecule has 0 fully saturated rings. The maximum absolute atomic E-state index is 5.73. The minimum absolute atomic E-state index is 0.0360. The Morgan fingerprint density at radius 2 is 1.71 bits per heavy atom. The number of hydrogen-bond donors (Lipinski definition) is 0. The monoisotopic (exact) mass is 325 g/mol. The number of fused-ring (bicyclic) bond motifs is 3. The lowest BCUT2D eigenvalue weighted by molar-refractivity contribution is 0.0839. The topological polar surface area (TPSA) is 49.3 Å². The molecule has 0 bridgehead atoms. The molecule has 5 heteroatoms. The quantitative estimate of drug-likeness (QED) is 0.866. The van der Waals surface area contributed by atoms with E-state index in [1.165, 1.54) is 11.1 Å². The maximum atomic E-state index is 5.73. The number of hydrogen-bond acceptors (Lipinski definition) is 5. The van der Waals surface area contributed by atoms with Crippen LogP contribution in [0.3, 0.4) is 0 Å². The number of nitrogens with zero attached hydrogens (tertiary/aromatic N) is 1. The second-order valence-electron chi connectivity index (χ2n) is 5.91. The molecule has 5 nitrogen and oxygen atoms in total. The van der Waals surface area contributed by atoms with Gasteiger partial charge in [0.15, 0.2) is 0 Å². The summed E-state index contributed by atoms with van der Waals surface area (Å²) in [5, 5.41) is 4.38. The number of benzene rings is 2. The lowest BCUT2D eigenvalue weighted by Crippen LogP contribution is -2.18. The smallest absolute Gasteiger partial charge is 0.144 e. The van der Waals surface area contributed by atoms with Crippen molar-refractivity contribution in [3.63, 3.8) is 0 Å². The van der Waals surface area contributed by atoms with Gasteiger partial charge in [-0.1, -0.05) is 29.4 Å². The van der Waals surface area contributed by atoms with Gasteiger partial charge >= 0.3 is 0 Å². The first kappa shape index (κ1) is 14.9. The third kappa shape index (κ3) is 2.12. The molecule has 124 valence electrons. The van der Waals surface area contributed by atoms with Crippen molar-refractivity contribution in [3.8, 4) is 17.2 Å². The molecule has 1 heterocycles. The lowest BCUT2D eigenvalue weighted by Gasteiger charge is -2.17. The molecular weight excluding hydrogens is 306 g/mol. The van der Waals surface area contributed by atoms with Gasteiger partial charge in [0.1, 0.15) is 29.1 Å². The fourth-order valence-electron chi connectivity index (χ4n) is 3.62. The van der Waals surface area contributed by atoms with Crippen molar-refractivity contribution < 1.29 is 19.0 Å². The SMILES string of the molecule is COc1cc(OC)c(C2=NOC3Cc4ccccc4C23)c(OC)c1. The predicted molar refractivity (Wildman–Crippen MR) is 90.4 cm³/mol. The van der Waals surface area contributed by atoms with E-state index in [2.05, 4.69) is 29.4 Å². The van der Waals surface area contributed by atoms with Crippen LogP contribution in [0.4, 0.5) is 0 Å². The molecular formula is C19H19NO4. The van der Waals surface area contributed by atoms with Crippen LogP contribution in [0.15, 0.2) is 41.6 Å². The summed E-state index contributed by atoms with van der Waals surface area (Å²) in [7, 11) is 4.88. The molecule has 24 heavy (non-hydrogen) atoms. The first-order valence-electron chi connectivity index (χ1n) is 7.88. The molecule has 4 rings (SSSR count). The van der Waals surface area contributed by atoms with E-state index >= 15 is 0 Å². The van der Waals surface area contributed by atoms with Crippen LogP contribution in [0.2, 0.25) is 0 Å². The minimum Gasteiger partial charge on any atom is -0.496 e. The highest BCUT2D eigenvalue weighted by Gasteiger charge is 2.44. The molecule has 0 N–H and O–H groups in total. The number of methoxy groups -OCH3 is 3. The van der Waals surface area contributed by atoms with Gasteiger partial charge in [-0.15, -0.1) is 0 Å². The summed E-state index contributed by atoms with van der Waals surface area (Å²) >= 11 is 0. The number of ether oxygens (including phenoxy) is 3. The second kappa shape index (κ2) is 5.74. The molecule has 0 saturated heterocycles. The van der Waals surface area contributed by atoms with Crippen LogP contribution in [-0.4, -0.2) is 33.1 Å². The van der Waals surface area contributed by atoms with Gasteiger partial charge in [-0.25, -0.2) is 0 Å². The van der Waals surface area contributed by atoms with Crippen molar-refractivity contribution in [1.82, 2.24) is 0 Å². The summed E-state index contributed by atoms with van der Waals surface area (Å²) in [6.07, 6.45) is 0.906. The zero-order valence-corrected chi connectivity index (χ0v) is 13.9. The average molecular weight is 325 g/mol. The second-order valence-corrected chi connectivity index (χ2v) is 5.91. The van der Waals surface area contributed by atoms with Gasteiger partial charge < -0.3 is 19.0 Å². The molecule has 2 unspecified atom stereocenters. The third-order valence-electron chi connectivity index (χ3n) is 4.74. The van der Waals surface area contributed by atoms with Gasteiger partial charge in [0, 0.05) is 18.6 Å². The van der Waals surface area contributed by atoms with Crippen molar-refractivity contribution in [1.29, 1.82) is 0 Å². The van der Waals surface area contributed by atoms with E-state index in [-0.39, 0.29) is 12.0 Å². The van der Waals surface area contributed by atoms with E-state index in [0.29, 0.717) is 17.2 Å². The lowest BCUT2D eigenvalue weighted by atomic mass is 9.89. The van der Waals surface area contributed by atoms with Gasteiger partial charge in [0.25, 0.3) is 0 Å². The normalized spacial score (nSPS) is 20.7. The zero-order valence-electron chi connectivity index (χ0n) is 13.9. The summed E-state index contributed by atoms with van der Waals surface area (Å²) in [4.78, 5) is 5.73. The average Bonchev–Trinajstić information content (AvgIpc) is 3.19. The molecule has 2 atom stereocenters. The molecule has 0 amide bonds. The van der Waals surface area contributed by atoms with Crippen LogP contribution in [0.5, 0.6) is 17.2 Å². The summed E-state index contributed by atoms with van der Waals surface area (Å²) in [5.74, 6) is 2.10. The minimum atomic E-state index is 0.0360. The number of rotatable bonds is 4. The van der Waals surface area contributed by atoms with Crippen molar-refractivity contribution in [2.24, 2.45) is 5.16 Å². The van der Waals surface area contributed by atoms with Crippen molar-refractivity contribution in [2.45, 2.75) is 18.4 Å². The summed E-state index contributed by atoms with van der Waals surface area (Å²) in [6, 6.07) is 12.1. The summed E-state index contributed by atoms with van der Waals surface area (Å²) in [5.41, 5.74) is 4.25. The molecule has 2 aliphatic rings. The van der Waals surface area contributed by atoms with Crippen LogP contribution < -0.4 is 14.2 Å². The predicted octanol–water partition coefficient (Wildman–Crippen LogP) is 3.16. The Balaban J connectivity index is 1.85. The maximum Gasteiger partial charge on any atom is 0.144 e. The van der Waals surface area contributed by atoms with Crippen LogP contribution in [-0.2, 0) is 11.3 Å². The molecule has 1 aliphatic heterocycles. The molecule has 2 aromatic rings. The van der Waals surface area contributed by atoms with E-state index < -0.39 is 0 Å². The van der Waals surface area contributed by atoms with E-state index in [9.17, 15) is 0 Å². The van der Waals surface area contributed by atoms with E-state index in [1.54, 1.807) is 21.3 Å². The Kier molecular flexibility index (Phi) is 3.56. The van der Waals surface area contributed by atoms with Crippen molar-refractivity contribution in [3.05, 3.63) is 53.1 Å². The fraction of sp³-hybridized carbons (Fsp3) is 0.316. The van der Waals surface area contributed by atoms with Crippen LogP contribution >= 0.6 is 0 Å². The van der Waals surface area contributed by atoms with Crippen LogP contribution in [0.1, 0.15) is 22.6 Å². The first-order valence-corrected chi connectivity index (χ1v) is 7.88. The van der Waals surface area contributed by atoms with Crippen molar-refractivity contribution >= 4 is 5.71 Å². The summed E-state index contributed by atoms with van der Waals surface area (Å²) in [6.45, 7) is 0. The highest BCUT2D eigenvalue weighted by molar-refractivity contribution is 6.10. The number of oxime groups is 1. The zero-order chi connectivity index (χ0) is 16.7. The highest BCUT2D eigenvalue weighted by Crippen LogP contribution is 2.46. The van der Waals surface area contributed by atoms with E-state index in [4.69, 9.17) is 19.0 Å². The Bertz CT molecular complexity index is 790. The molecule has 0 spiro atoms. The Morgan fingerprint density at radius 3 is 2.38 bits per heavy atom. The molecule has 0 radical (unpaired) electrons. The van der Waals surface area contributed by atoms with Crippen LogP contribution in [0, 0.1) is 0 Å². The summed E-state index contributed by atoms with van der Waals surface area (Å²) < 4.78 is 16.5. The Labute approximate surface area is 140 Å². The largest absolute Gasteiger partial charge is 0.496 e. The van der Waals surface area contributed by atoms with E-state index in [0.717, 1.165) is 17.7 Å². The van der Waals surface area contributed by atoms with Gasteiger partial charge in [0.2, 0.25) is 0 Å². The van der Waals surface area contributed by atoms with Gasteiger partial charge in [-0.05, 0) is 11.1 Å². The molecule has 0 aromatic heterocycles. The molecule has 2 aromatic carbocycles. The fourth-order valence-corrected chi connectivity index (χ4v) is 3.62. The van der Waals surface area contributed by atoms with Crippen molar-refractivity contribution in [2.75, 3.05) is 21.3 Å². The van der Waals surface area contributed by atoms with Gasteiger partial charge in [0.05, 0.1) is 32.8 Å². The van der Waals surface area contributed by atoms with E-state index in [1.807, 2.05) is 12.1 Å². The molecule has 1 aliphatic carbocycles. The first-order chi connectivity index (χ1) is 11.8. The molecule has 0 saturated carbocycles. The third-order valence-corrected chi connectivity index (χ3v) is 4.74. The van der Waals surface area contributed by atoms with Crippen LogP contribution in [0.25, 0.3) is 0 Å². The van der Waals surface area contributed by atoms with Gasteiger partial charge in [-0.2, -0.15) is 0 Å². The Morgan fingerprint density at radius 1 is 1.00 bits per heavy atom. The Hall–Kier alpha value is -2.69. The highest BCUT2D eigenvalue weighted by atomic mass is 16.6. The van der Waals surface area contributed by atoms with Gasteiger partial charge in [-0.3, -0.25) is 0 Å².